The molecular formula is C11H18O3. The lowest BCUT2D eigenvalue weighted by atomic mass is 10.1. The van der Waals surface area contributed by atoms with Crippen LogP contribution in [0.5, 0.6) is 0 Å². The highest BCUT2D eigenvalue weighted by molar-refractivity contribution is 5.81. The molecule has 0 aliphatic rings. The Morgan fingerprint density at radius 2 is 2.07 bits per heavy atom. The highest BCUT2D eigenvalue weighted by Crippen LogP contribution is 2.07. The van der Waals surface area contributed by atoms with Gasteiger partial charge >= 0.3 is 5.97 Å². The Morgan fingerprint density at radius 3 is 2.57 bits per heavy atom. The molecule has 0 unspecified atom stereocenters. The molecule has 0 aromatic heterocycles. The molecular weight excluding hydrogens is 180 g/mol. The summed E-state index contributed by atoms with van der Waals surface area (Å²) in [6, 6.07) is 0. The molecule has 0 aliphatic heterocycles. The Hall–Kier alpha value is -1.25. The van der Waals surface area contributed by atoms with Gasteiger partial charge in [-0.15, -0.1) is 0 Å². The third-order valence-corrected chi connectivity index (χ3v) is 1.86. The normalized spacial score (nSPS) is 12.8. The van der Waals surface area contributed by atoms with Gasteiger partial charge in [-0.3, -0.25) is 0 Å². The van der Waals surface area contributed by atoms with Crippen LogP contribution in [0.1, 0.15) is 33.6 Å². The Bertz CT molecular complexity index is 235. The first kappa shape index (κ1) is 12.8. The molecule has 0 aliphatic carbocycles. The third-order valence-electron chi connectivity index (χ3n) is 1.86. The van der Waals surface area contributed by atoms with Crippen molar-refractivity contribution in [2.45, 2.75) is 33.6 Å². The van der Waals surface area contributed by atoms with E-state index in [1.807, 2.05) is 6.92 Å². The Labute approximate surface area is 85.1 Å². The number of esters is 1. The van der Waals surface area contributed by atoms with E-state index in [2.05, 4.69) is 0 Å². The molecule has 0 atom stereocenters. The molecule has 0 amide bonds. The Kier molecular flexibility index (Phi) is 6.54. The van der Waals surface area contributed by atoms with E-state index in [1.165, 1.54) is 6.08 Å². The van der Waals surface area contributed by atoms with Crippen molar-refractivity contribution in [3.8, 4) is 0 Å². The average molecular weight is 198 g/mol. The number of hydrogen-bond acceptors (Lipinski definition) is 3. The zero-order valence-corrected chi connectivity index (χ0v) is 9.04. The minimum absolute atomic E-state index is 0.310. The van der Waals surface area contributed by atoms with Crippen molar-refractivity contribution in [2.24, 2.45) is 0 Å². The van der Waals surface area contributed by atoms with Gasteiger partial charge in [0, 0.05) is 6.08 Å². The van der Waals surface area contributed by atoms with Crippen molar-refractivity contribution in [3.05, 3.63) is 23.5 Å². The van der Waals surface area contributed by atoms with E-state index >= 15 is 0 Å². The van der Waals surface area contributed by atoms with Crippen LogP contribution in [0.15, 0.2) is 23.5 Å². The Morgan fingerprint density at radius 1 is 1.43 bits per heavy atom. The smallest absolute Gasteiger partial charge is 0.330 e. The van der Waals surface area contributed by atoms with E-state index in [0.717, 1.165) is 18.4 Å². The van der Waals surface area contributed by atoms with Crippen LogP contribution in [0, 0.1) is 0 Å². The monoisotopic (exact) mass is 198 g/mol. The second-order valence-corrected chi connectivity index (χ2v) is 3.14. The summed E-state index contributed by atoms with van der Waals surface area (Å²) in [5.41, 5.74) is 0.937. The molecule has 0 heterocycles. The maximum absolute atomic E-state index is 10.9. The van der Waals surface area contributed by atoms with Crippen molar-refractivity contribution >= 4 is 5.97 Å². The van der Waals surface area contributed by atoms with Crippen molar-refractivity contribution in [1.29, 1.82) is 0 Å². The van der Waals surface area contributed by atoms with Gasteiger partial charge in [-0.2, -0.15) is 0 Å². The van der Waals surface area contributed by atoms with Crippen LogP contribution in [0.3, 0.4) is 0 Å². The number of rotatable bonds is 5. The Balaban J connectivity index is 3.57. The predicted molar refractivity (Wildman–Crippen MR) is 56.0 cm³/mol. The fraction of sp³-hybridized carbons (Fsp3) is 0.545. The van der Waals surface area contributed by atoms with E-state index in [1.54, 1.807) is 19.9 Å². The van der Waals surface area contributed by atoms with Crippen LogP contribution in [0.25, 0.3) is 0 Å². The molecule has 0 saturated carbocycles. The number of hydrogen-bond donors (Lipinski definition) is 1. The van der Waals surface area contributed by atoms with Gasteiger partial charge in [0.05, 0.1) is 12.4 Å². The van der Waals surface area contributed by atoms with Crippen LogP contribution >= 0.6 is 0 Å². The number of aliphatic hydroxyl groups excluding tert-OH is 1. The summed E-state index contributed by atoms with van der Waals surface area (Å²) < 4.78 is 4.88. The highest BCUT2D eigenvalue weighted by atomic mass is 16.5. The van der Waals surface area contributed by atoms with Crippen LogP contribution in [0.2, 0.25) is 0 Å². The summed E-state index contributed by atoms with van der Waals surface area (Å²) in [6.07, 6.45) is 4.53. The summed E-state index contributed by atoms with van der Waals surface area (Å²) in [5, 5.41) is 9.07. The van der Waals surface area contributed by atoms with Crippen molar-refractivity contribution in [3.63, 3.8) is 0 Å². The number of ether oxygens (including phenoxy) is 1. The summed E-state index contributed by atoms with van der Waals surface area (Å²) >= 11 is 0. The molecule has 0 aromatic rings. The van der Waals surface area contributed by atoms with E-state index in [4.69, 9.17) is 9.84 Å². The lowest BCUT2D eigenvalue weighted by molar-refractivity contribution is -0.137. The molecule has 0 rings (SSSR count). The fourth-order valence-electron chi connectivity index (χ4n) is 0.875. The molecule has 0 radical (unpaired) electrons. The third kappa shape index (κ3) is 6.29. The first-order valence-electron chi connectivity index (χ1n) is 4.72. The second kappa shape index (κ2) is 7.18. The van der Waals surface area contributed by atoms with Gasteiger partial charge in [0.25, 0.3) is 0 Å². The minimum atomic E-state index is -0.310. The maximum atomic E-state index is 10.9. The number of aliphatic hydroxyl groups is 1. The largest absolute Gasteiger partial charge is 0.513 e. The molecule has 80 valence electrons. The molecule has 14 heavy (non-hydrogen) atoms. The van der Waals surface area contributed by atoms with E-state index in [0.29, 0.717) is 12.4 Å². The van der Waals surface area contributed by atoms with Gasteiger partial charge in [0.2, 0.25) is 0 Å². The maximum Gasteiger partial charge on any atom is 0.330 e. The van der Waals surface area contributed by atoms with Gasteiger partial charge < -0.3 is 9.84 Å². The average Bonchev–Trinajstić information content (AvgIpc) is 2.12. The molecule has 0 fully saturated rings. The zero-order chi connectivity index (χ0) is 11.0. The zero-order valence-electron chi connectivity index (χ0n) is 9.04. The van der Waals surface area contributed by atoms with Gasteiger partial charge in [0.15, 0.2) is 0 Å². The quantitative estimate of drug-likeness (QED) is 0.320. The molecule has 3 nitrogen and oxygen atoms in total. The molecule has 1 N–H and O–H groups in total. The minimum Gasteiger partial charge on any atom is -0.513 e. The topological polar surface area (TPSA) is 46.5 Å². The lowest BCUT2D eigenvalue weighted by Crippen LogP contribution is -2.02. The van der Waals surface area contributed by atoms with E-state index in [9.17, 15) is 4.79 Å². The van der Waals surface area contributed by atoms with Crippen LogP contribution < -0.4 is 0 Å². The van der Waals surface area contributed by atoms with Crippen molar-refractivity contribution in [1.82, 2.24) is 0 Å². The predicted octanol–water partition coefficient (Wildman–Crippen LogP) is 2.74. The van der Waals surface area contributed by atoms with Crippen LogP contribution in [0.4, 0.5) is 0 Å². The summed E-state index contributed by atoms with van der Waals surface area (Å²) in [5.74, 6) is 0.0413. The standard InChI is InChI=1S/C11H18O3/c1-4-6-11(13)14-8-5-7-9(2)10(3)12/h4,6,12H,5,7-8H2,1-3H3. The van der Waals surface area contributed by atoms with Gasteiger partial charge in [-0.25, -0.2) is 4.79 Å². The van der Waals surface area contributed by atoms with Crippen molar-refractivity contribution in [2.75, 3.05) is 6.61 Å². The first-order chi connectivity index (χ1) is 6.57. The summed E-state index contributed by atoms with van der Waals surface area (Å²) in [7, 11) is 0. The molecule has 0 aromatic carbocycles. The summed E-state index contributed by atoms with van der Waals surface area (Å²) in [6.45, 7) is 5.68. The van der Waals surface area contributed by atoms with Gasteiger partial charge in [0.1, 0.15) is 0 Å². The second-order valence-electron chi connectivity index (χ2n) is 3.14. The van der Waals surface area contributed by atoms with Crippen molar-refractivity contribution < 1.29 is 14.6 Å². The number of carbonyl (C=O) groups is 1. The number of allylic oxidation sites excluding steroid dienone is 3. The summed E-state index contributed by atoms with van der Waals surface area (Å²) in [4.78, 5) is 10.9. The molecule has 3 heteroatoms. The molecule has 0 saturated heterocycles. The van der Waals surface area contributed by atoms with E-state index in [-0.39, 0.29) is 5.97 Å². The van der Waals surface area contributed by atoms with Gasteiger partial charge in [-0.1, -0.05) is 6.08 Å². The lowest BCUT2D eigenvalue weighted by Gasteiger charge is -2.03. The molecule has 0 bridgehead atoms. The van der Waals surface area contributed by atoms with Crippen LogP contribution in [-0.4, -0.2) is 17.7 Å². The van der Waals surface area contributed by atoms with E-state index < -0.39 is 0 Å². The molecule has 0 spiro atoms. The van der Waals surface area contributed by atoms with Gasteiger partial charge in [-0.05, 0) is 39.2 Å². The number of carbonyl (C=O) groups excluding carboxylic acids is 1. The van der Waals surface area contributed by atoms with Crippen LogP contribution in [-0.2, 0) is 9.53 Å². The fourth-order valence-corrected chi connectivity index (χ4v) is 0.875. The first-order valence-corrected chi connectivity index (χ1v) is 4.72. The highest BCUT2D eigenvalue weighted by Gasteiger charge is 1.98. The SMILES string of the molecule is CC=CC(=O)OCCCC(C)=C(C)O.